The molecule has 1 fully saturated rings. The number of aliphatic hydroxyl groups is 2. The zero-order valence-corrected chi connectivity index (χ0v) is 36.6. The number of piperidine rings is 1. The Labute approximate surface area is 383 Å². The molecule has 6 N–H and O–H groups in total. The molecule has 1 aromatic heterocycles. The zero-order valence-electron chi connectivity index (χ0n) is 36.6. The number of esters is 1. The molecule has 66 heavy (non-hydrogen) atoms. The summed E-state index contributed by atoms with van der Waals surface area (Å²) < 4.78 is 12.1. The Balaban J connectivity index is 0.799. The van der Waals surface area contributed by atoms with Crippen molar-refractivity contribution in [1.29, 1.82) is 0 Å². The number of nitrogens with one attached hydrogen (secondary N) is 3. The molecule has 0 radical (unpaired) electrons. The third-order valence-corrected chi connectivity index (χ3v) is 12.2. The number of aromatic hydroxyl groups is 1. The van der Waals surface area contributed by atoms with Crippen LogP contribution in [0.3, 0.4) is 0 Å². The van der Waals surface area contributed by atoms with Crippen molar-refractivity contribution in [2.24, 2.45) is 5.92 Å². The van der Waals surface area contributed by atoms with Crippen LogP contribution in [-0.2, 0) is 41.4 Å². The number of nitrogens with zero attached hydrogens (tertiary/aromatic N) is 1. The number of carbonyl (C=O) groups is 2. The highest BCUT2D eigenvalue weighted by Crippen LogP contribution is 2.34. The first-order valence-corrected chi connectivity index (χ1v) is 22.3. The largest absolute Gasteiger partial charge is 0.506 e. The number of H-pyrrole nitrogens is 1. The smallest absolute Gasteiger partial charge is 0.347 e. The molecule has 1 aliphatic heterocycles. The van der Waals surface area contributed by atoms with E-state index in [1.807, 2.05) is 48.5 Å². The number of carbonyl (C=O) groups excluding carboxylic acids is 2. The summed E-state index contributed by atoms with van der Waals surface area (Å²) in [4.78, 5) is 43.7. The average molecular weight is 887 g/mol. The average Bonchev–Trinajstić information content (AvgIpc) is 3.36. The molecule has 12 heteroatoms. The quantitative estimate of drug-likeness (QED) is 0.0482. The van der Waals surface area contributed by atoms with Crippen LogP contribution in [-0.4, -0.2) is 63.3 Å². The monoisotopic (exact) mass is 886 g/mol. The highest BCUT2D eigenvalue weighted by Gasteiger charge is 2.42. The van der Waals surface area contributed by atoms with E-state index in [9.17, 15) is 29.7 Å². The zero-order chi connectivity index (χ0) is 45.9. The van der Waals surface area contributed by atoms with Crippen LogP contribution in [0.2, 0.25) is 0 Å². The molecule has 2 heterocycles. The first-order valence-electron chi connectivity index (χ1n) is 22.3. The van der Waals surface area contributed by atoms with E-state index in [-0.39, 0.29) is 48.4 Å². The number of aliphatic hydroxyl groups excluding tert-OH is 1. The Morgan fingerprint density at radius 3 is 2.15 bits per heavy atom. The third-order valence-electron chi connectivity index (χ3n) is 12.2. The third kappa shape index (κ3) is 11.2. The van der Waals surface area contributed by atoms with Crippen LogP contribution in [0.5, 0.6) is 11.5 Å². The van der Waals surface area contributed by atoms with E-state index < -0.39 is 17.7 Å². The van der Waals surface area contributed by atoms with Gasteiger partial charge in [-0.15, -0.1) is 0 Å². The number of hydrogen-bond donors (Lipinski definition) is 6. The molecule has 7 aromatic rings. The second-order valence-electron chi connectivity index (χ2n) is 16.8. The maximum absolute atomic E-state index is 13.9. The molecule has 12 nitrogen and oxygen atoms in total. The molecular formula is C54H54N4O8. The summed E-state index contributed by atoms with van der Waals surface area (Å²) >= 11 is 0. The number of pyridine rings is 1. The summed E-state index contributed by atoms with van der Waals surface area (Å²) in [6.45, 7) is 4.21. The number of hydrogen-bond acceptors (Lipinski definition) is 10. The van der Waals surface area contributed by atoms with Gasteiger partial charge in [0.05, 0.1) is 18.2 Å². The molecule has 0 saturated carbocycles. The predicted octanol–water partition coefficient (Wildman–Crippen LogP) is 7.26. The Kier molecular flexibility index (Phi) is 14.7. The molecule has 8 rings (SSSR count). The van der Waals surface area contributed by atoms with Gasteiger partial charge >= 0.3 is 5.97 Å². The molecule has 2 atom stereocenters. The first kappa shape index (κ1) is 45.5. The number of amides is 1. The Morgan fingerprint density at radius 2 is 1.41 bits per heavy atom. The fourth-order valence-corrected chi connectivity index (χ4v) is 8.33. The lowest BCUT2D eigenvalue weighted by Crippen LogP contribution is -2.40. The van der Waals surface area contributed by atoms with Gasteiger partial charge in [0.2, 0.25) is 11.2 Å². The van der Waals surface area contributed by atoms with Crippen molar-refractivity contribution >= 4 is 22.8 Å². The Bertz CT molecular complexity index is 2780. The number of aromatic amines is 1. The highest BCUT2D eigenvalue weighted by atomic mass is 16.5. The van der Waals surface area contributed by atoms with Gasteiger partial charge in [0.25, 0.3) is 5.91 Å². The van der Waals surface area contributed by atoms with Gasteiger partial charge in [0.15, 0.2) is 0 Å². The van der Waals surface area contributed by atoms with Crippen LogP contribution >= 0.6 is 0 Å². The molecule has 0 unspecified atom stereocenters. The van der Waals surface area contributed by atoms with Crippen molar-refractivity contribution in [3.8, 4) is 11.5 Å². The van der Waals surface area contributed by atoms with E-state index in [1.54, 1.807) is 72.8 Å². The highest BCUT2D eigenvalue weighted by molar-refractivity contribution is 5.94. The number of likely N-dealkylation sites (tertiary alicyclic amines) is 1. The van der Waals surface area contributed by atoms with Gasteiger partial charge in [-0.25, -0.2) is 4.79 Å². The van der Waals surface area contributed by atoms with Crippen LogP contribution in [0.1, 0.15) is 68.2 Å². The Morgan fingerprint density at radius 1 is 0.742 bits per heavy atom. The lowest BCUT2D eigenvalue weighted by Gasteiger charge is -2.33. The van der Waals surface area contributed by atoms with Crippen molar-refractivity contribution in [3.05, 3.63) is 213 Å². The summed E-state index contributed by atoms with van der Waals surface area (Å²) in [6.07, 6.45) is 0.927. The van der Waals surface area contributed by atoms with Gasteiger partial charge < -0.3 is 40.4 Å². The maximum Gasteiger partial charge on any atom is 0.347 e. The van der Waals surface area contributed by atoms with E-state index in [1.165, 1.54) is 17.7 Å². The molecule has 0 spiro atoms. The number of ether oxygens (including phenoxy) is 2. The van der Waals surface area contributed by atoms with Gasteiger partial charge in [-0.2, -0.15) is 0 Å². The SMILES string of the molecule is O=C(NCc1ccc(COc2cccc([C@](O)(C(=O)OCC3CCN(Cc4ccccc4)CC3)c3ccccc3)c2)cc1)c1ccc(CNC[C@H](O)c2ccc(O)c3[nH]c(=O)ccc23)cc1. The number of benzene rings is 6. The van der Waals surface area contributed by atoms with Crippen molar-refractivity contribution in [2.45, 2.75) is 50.8 Å². The summed E-state index contributed by atoms with van der Waals surface area (Å²) in [6, 6.07) is 47.1. The molecule has 1 aliphatic rings. The van der Waals surface area contributed by atoms with Crippen LogP contribution in [0.4, 0.5) is 0 Å². The summed E-state index contributed by atoms with van der Waals surface area (Å²) in [5, 5.41) is 40.0. The maximum atomic E-state index is 13.9. The van der Waals surface area contributed by atoms with Crippen molar-refractivity contribution in [3.63, 3.8) is 0 Å². The fraction of sp³-hybridized carbons (Fsp3) is 0.241. The lowest BCUT2D eigenvalue weighted by molar-refractivity contribution is -0.164. The number of fused-ring (bicyclic) bond motifs is 1. The van der Waals surface area contributed by atoms with Gasteiger partial charge in [0.1, 0.15) is 18.1 Å². The number of phenols is 1. The van der Waals surface area contributed by atoms with Crippen molar-refractivity contribution in [2.75, 3.05) is 26.2 Å². The van der Waals surface area contributed by atoms with Crippen LogP contribution in [0.15, 0.2) is 163 Å². The van der Waals surface area contributed by atoms with Gasteiger partial charge in [-0.3, -0.25) is 14.5 Å². The van der Waals surface area contributed by atoms with E-state index in [0.717, 1.165) is 49.2 Å². The topological polar surface area (TPSA) is 173 Å². The van der Waals surface area contributed by atoms with Crippen molar-refractivity contribution in [1.82, 2.24) is 20.5 Å². The van der Waals surface area contributed by atoms with Crippen molar-refractivity contribution < 1.29 is 34.4 Å². The van der Waals surface area contributed by atoms with E-state index in [4.69, 9.17) is 9.47 Å². The number of rotatable bonds is 18. The van der Waals surface area contributed by atoms with E-state index >= 15 is 0 Å². The molecule has 0 aliphatic carbocycles. The second kappa shape index (κ2) is 21.3. The molecule has 0 bridgehead atoms. The normalized spacial score (nSPS) is 14.6. The predicted molar refractivity (Wildman–Crippen MR) is 253 cm³/mol. The molecule has 1 amide bonds. The van der Waals surface area contributed by atoms with Crippen LogP contribution < -0.4 is 20.9 Å². The minimum atomic E-state index is -2.04. The molecular weight excluding hydrogens is 833 g/mol. The fourth-order valence-electron chi connectivity index (χ4n) is 8.33. The lowest BCUT2D eigenvalue weighted by atomic mass is 9.86. The van der Waals surface area contributed by atoms with Gasteiger partial charge in [0, 0.05) is 48.8 Å². The first-order chi connectivity index (χ1) is 32.1. The van der Waals surface area contributed by atoms with Gasteiger partial charge in [-0.1, -0.05) is 115 Å². The summed E-state index contributed by atoms with van der Waals surface area (Å²) in [7, 11) is 0. The number of aromatic nitrogens is 1. The van der Waals surface area contributed by atoms with Crippen LogP contribution in [0.25, 0.3) is 10.9 Å². The Hall–Kier alpha value is -7.09. The van der Waals surface area contributed by atoms with Gasteiger partial charge in [-0.05, 0) is 102 Å². The standard InChI is InChI=1S/C54H54N4O8/c59-48-24-22-46(47-23-25-50(61)57-51(47)48)49(60)33-55-31-37-18-20-42(21-19-37)52(62)56-32-38-14-16-40(17-15-38)35-65-45-13-7-12-44(30-45)54(64,43-10-5-2-6-11-43)53(63)66-36-41-26-28-58(29-27-41)34-39-8-3-1-4-9-39/h1-25,30,41,49,55,59-60,64H,26-29,31-36H2,(H,56,62)(H,57,61)/t49-,54-/m0/s1. The van der Waals surface area contributed by atoms with Crippen LogP contribution in [0, 0.1) is 5.92 Å². The molecule has 338 valence electrons. The minimum Gasteiger partial charge on any atom is -0.506 e. The van der Waals surface area contributed by atoms with E-state index in [0.29, 0.717) is 46.5 Å². The summed E-state index contributed by atoms with van der Waals surface area (Å²) in [5.74, 6) is -0.309. The minimum absolute atomic E-state index is 0.0652. The van der Waals surface area contributed by atoms with E-state index in [2.05, 4.69) is 44.8 Å². The molecule has 6 aromatic carbocycles. The second-order valence-corrected chi connectivity index (χ2v) is 16.8. The molecule has 1 saturated heterocycles. The number of phenolic OH excluding ortho intramolecular Hbond substituents is 1. The summed E-state index contributed by atoms with van der Waals surface area (Å²) in [5.41, 5.74) is 3.77.